The third kappa shape index (κ3) is 4.16. The summed E-state index contributed by atoms with van der Waals surface area (Å²) in [6.07, 6.45) is -2.59. The number of halogens is 3. The van der Waals surface area contributed by atoms with E-state index < -0.39 is 6.36 Å². The summed E-state index contributed by atoms with van der Waals surface area (Å²) in [5, 5.41) is 1.91. The molecule has 0 bridgehead atoms. The van der Waals surface area contributed by atoms with Gasteiger partial charge >= 0.3 is 6.36 Å². The fraction of sp³-hybridized carbons (Fsp3) is 0.167. The number of benzene rings is 2. The molecule has 0 N–H and O–H groups in total. The zero-order valence-corrected chi connectivity index (χ0v) is 12.6. The number of hydrogen-bond acceptors (Lipinski definition) is 3. The number of hydrogen-bond donors (Lipinski definition) is 0. The van der Waals surface area contributed by atoms with Gasteiger partial charge in [0.1, 0.15) is 5.75 Å². The number of ether oxygens (including phenoxy) is 2. The van der Waals surface area contributed by atoms with Gasteiger partial charge in [-0.05, 0) is 35.2 Å². The second-order valence-electron chi connectivity index (χ2n) is 5.13. The van der Waals surface area contributed by atoms with Crippen molar-refractivity contribution >= 4 is 10.8 Å². The lowest BCUT2D eigenvalue weighted by molar-refractivity contribution is -0.274. The van der Waals surface area contributed by atoms with Gasteiger partial charge in [-0.1, -0.05) is 30.3 Å². The van der Waals surface area contributed by atoms with Crippen LogP contribution in [0.4, 0.5) is 13.2 Å². The Labute approximate surface area is 136 Å². The summed E-state index contributed by atoms with van der Waals surface area (Å²) >= 11 is 0. The van der Waals surface area contributed by atoms with Crippen LogP contribution in [0, 0.1) is 0 Å². The van der Waals surface area contributed by atoms with Gasteiger partial charge in [0.2, 0.25) is 5.88 Å². The highest BCUT2D eigenvalue weighted by Crippen LogP contribution is 2.24. The normalized spacial score (nSPS) is 11.5. The first-order valence-corrected chi connectivity index (χ1v) is 7.32. The molecule has 0 atom stereocenters. The van der Waals surface area contributed by atoms with Gasteiger partial charge in [-0.3, -0.25) is 0 Å². The lowest BCUT2D eigenvalue weighted by Crippen LogP contribution is -2.17. The number of aromatic nitrogens is 1. The van der Waals surface area contributed by atoms with E-state index in [1.807, 2.05) is 30.3 Å². The van der Waals surface area contributed by atoms with Crippen molar-refractivity contribution in [2.45, 2.75) is 12.8 Å². The molecule has 0 radical (unpaired) electrons. The van der Waals surface area contributed by atoms with Crippen molar-refractivity contribution in [1.82, 2.24) is 4.98 Å². The molecule has 0 aliphatic heterocycles. The summed E-state index contributed by atoms with van der Waals surface area (Å²) in [7, 11) is 0. The van der Waals surface area contributed by atoms with Crippen LogP contribution in [-0.4, -0.2) is 18.0 Å². The van der Waals surface area contributed by atoms with Crippen LogP contribution in [0.1, 0.15) is 5.56 Å². The summed E-state index contributed by atoms with van der Waals surface area (Å²) in [6.45, 7) is 0.302. The molecule has 2 aromatic carbocycles. The lowest BCUT2D eigenvalue weighted by atomic mass is 10.1. The van der Waals surface area contributed by atoms with Crippen molar-refractivity contribution in [1.29, 1.82) is 0 Å². The van der Waals surface area contributed by atoms with Crippen LogP contribution in [0.25, 0.3) is 10.8 Å². The number of nitrogens with zero attached hydrogens (tertiary/aromatic N) is 1. The Kier molecular flexibility index (Phi) is 4.55. The van der Waals surface area contributed by atoms with Crippen molar-refractivity contribution in [3.63, 3.8) is 0 Å². The molecule has 3 rings (SSSR count). The van der Waals surface area contributed by atoms with Crippen molar-refractivity contribution in [2.75, 3.05) is 6.61 Å². The third-order valence-electron chi connectivity index (χ3n) is 3.40. The Balaban J connectivity index is 1.65. The first-order chi connectivity index (χ1) is 11.5. The SMILES string of the molecule is FC(F)(F)Oc1cccc(CCOc2nccc3ccccc23)c1. The predicted molar refractivity (Wildman–Crippen MR) is 84.1 cm³/mol. The van der Waals surface area contributed by atoms with Crippen LogP contribution in [0.2, 0.25) is 0 Å². The topological polar surface area (TPSA) is 31.4 Å². The molecule has 0 aliphatic rings. The van der Waals surface area contributed by atoms with E-state index in [0.29, 0.717) is 24.5 Å². The van der Waals surface area contributed by atoms with E-state index in [1.54, 1.807) is 12.3 Å². The minimum atomic E-state index is -4.69. The molecule has 6 heteroatoms. The monoisotopic (exact) mass is 333 g/mol. The first-order valence-electron chi connectivity index (χ1n) is 7.32. The molecule has 0 aliphatic carbocycles. The van der Waals surface area contributed by atoms with E-state index in [1.165, 1.54) is 18.2 Å². The maximum absolute atomic E-state index is 12.2. The highest BCUT2D eigenvalue weighted by atomic mass is 19.4. The maximum atomic E-state index is 12.2. The number of fused-ring (bicyclic) bond motifs is 1. The van der Waals surface area contributed by atoms with E-state index in [-0.39, 0.29) is 5.75 Å². The summed E-state index contributed by atoms with van der Waals surface area (Å²) in [5.41, 5.74) is 0.692. The molecular weight excluding hydrogens is 319 g/mol. The Hall–Kier alpha value is -2.76. The highest BCUT2D eigenvalue weighted by molar-refractivity contribution is 5.86. The molecule has 1 aromatic heterocycles. The van der Waals surface area contributed by atoms with Crippen molar-refractivity contribution < 1.29 is 22.6 Å². The van der Waals surface area contributed by atoms with Gasteiger partial charge in [-0.2, -0.15) is 0 Å². The molecule has 124 valence electrons. The van der Waals surface area contributed by atoms with Gasteiger partial charge in [-0.25, -0.2) is 4.98 Å². The first kappa shape index (κ1) is 16.1. The van der Waals surface area contributed by atoms with E-state index >= 15 is 0 Å². The summed E-state index contributed by atoms with van der Waals surface area (Å²) in [5.74, 6) is 0.277. The summed E-state index contributed by atoms with van der Waals surface area (Å²) < 4.78 is 46.3. The van der Waals surface area contributed by atoms with Crippen molar-refractivity contribution in [3.8, 4) is 11.6 Å². The number of alkyl halides is 3. The van der Waals surface area contributed by atoms with Crippen LogP contribution in [-0.2, 0) is 6.42 Å². The van der Waals surface area contributed by atoms with Gasteiger partial charge in [0.05, 0.1) is 6.61 Å². The minimum absolute atomic E-state index is 0.233. The second-order valence-corrected chi connectivity index (χ2v) is 5.13. The third-order valence-corrected chi connectivity index (χ3v) is 3.40. The van der Waals surface area contributed by atoms with Crippen LogP contribution in [0.3, 0.4) is 0 Å². The fourth-order valence-corrected chi connectivity index (χ4v) is 2.37. The second kappa shape index (κ2) is 6.78. The summed E-state index contributed by atoms with van der Waals surface area (Å²) in [6, 6.07) is 15.5. The van der Waals surface area contributed by atoms with E-state index in [9.17, 15) is 13.2 Å². The maximum Gasteiger partial charge on any atom is 0.573 e. The Bertz CT molecular complexity index is 828. The molecule has 3 nitrogen and oxygen atoms in total. The van der Waals surface area contributed by atoms with Crippen LogP contribution in [0.5, 0.6) is 11.6 Å². The molecule has 3 aromatic rings. The van der Waals surface area contributed by atoms with Crippen LogP contribution >= 0.6 is 0 Å². The fourth-order valence-electron chi connectivity index (χ4n) is 2.37. The average Bonchev–Trinajstić information content (AvgIpc) is 2.54. The lowest BCUT2D eigenvalue weighted by Gasteiger charge is -2.11. The molecule has 0 unspecified atom stereocenters. The van der Waals surface area contributed by atoms with Gasteiger partial charge in [0, 0.05) is 18.0 Å². The van der Waals surface area contributed by atoms with Gasteiger partial charge in [0.25, 0.3) is 0 Å². The Morgan fingerprint density at radius 1 is 0.958 bits per heavy atom. The average molecular weight is 333 g/mol. The van der Waals surface area contributed by atoms with E-state index in [2.05, 4.69) is 9.72 Å². The zero-order valence-electron chi connectivity index (χ0n) is 12.6. The van der Waals surface area contributed by atoms with Crippen molar-refractivity contribution in [3.05, 3.63) is 66.4 Å². The molecule has 0 spiro atoms. The Morgan fingerprint density at radius 2 is 1.79 bits per heavy atom. The number of rotatable bonds is 5. The largest absolute Gasteiger partial charge is 0.573 e. The quantitative estimate of drug-likeness (QED) is 0.675. The summed E-state index contributed by atoms with van der Waals surface area (Å²) in [4.78, 5) is 4.21. The molecular formula is C18H14F3NO2. The molecule has 0 saturated heterocycles. The molecule has 0 fully saturated rings. The molecule has 1 heterocycles. The predicted octanol–water partition coefficient (Wildman–Crippen LogP) is 4.75. The smallest absolute Gasteiger partial charge is 0.477 e. The minimum Gasteiger partial charge on any atom is -0.477 e. The van der Waals surface area contributed by atoms with Gasteiger partial charge < -0.3 is 9.47 Å². The van der Waals surface area contributed by atoms with E-state index in [4.69, 9.17) is 4.74 Å². The van der Waals surface area contributed by atoms with Crippen LogP contribution < -0.4 is 9.47 Å². The standard InChI is InChI=1S/C18H14F3NO2/c19-18(20,21)24-15-6-3-4-13(12-15)9-11-23-17-16-7-2-1-5-14(16)8-10-22-17/h1-8,10,12H,9,11H2. The molecule has 0 amide bonds. The number of pyridine rings is 1. The van der Waals surface area contributed by atoms with Crippen LogP contribution in [0.15, 0.2) is 60.8 Å². The Morgan fingerprint density at radius 3 is 2.62 bits per heavy atom. The molecule has 24 heavy (non-hydrogen) atoms. The highest BCUT2D eigenvalue weighted by Gasteiger charge is 2.31. The van der Waals surface area contributed by atoms with E-state index in [0.717, 1.165) is 10.8 Å². The van der Waals surface area contributed by atoms with Gasteiger partial charge in [0.15, 0.2) is 0 Å². The zero-order chi connectivity index (χ0) is 17.0. The molecule has 0 saturated carbocycles. The van der Waals surface area contributed by atoms with Gasteiger partial charge in [-0.15, -0.1) is 13.2 Å². The van der Waals surface area contributed by atoms with Crippen molar-refractivity contribution in [2.24, 2.45) is 0 Å².